The quantitative estimate of drug-likeness (QED) is 0.479. The second-order valence-corrected chi connectivity index (χ2v) is 8.38. The normalized spacial score (nSPS) is 12.0. The Labute approximate surface area is 163 Å². The molecule has 0 amide bonds. The number of hydrogen-bond acceptors (Lipinski definition) is 4. The average molecular weight is 403 g/mol. The van der Waals surface area contributed by atoms with Gasteiger partial charge in [-0.25, -0.2) is 4.83 Å². The van der Waals surface area contributed by atoms with Crippen LogP contribution in [0.3, 0.4) is 0 Å². The number of hydrazone groups is 1. The van der Waals surface area contributed by atoms with E-state index in [0.29, 0.717) is 16.5 Å². The van der Waals surface area contributed by atoms with Crippen molar-refractivity contribution >= 4 is 27.8 Å². The standard InChI is InChI=1S/C19H19ClN4O2S/c1-13(2)14-5-9-18(10-6-14)27(25,26)24-22-12-16-11-21-23-19(16)15-3-7-17(20)8-4-15/h3-13,24H,1-2H3,(H,21,23). The lowest BCUT2D eigenvalue weighted by Crippen LogP contribution is -2.18. The minimum absolute atomic E-state index is 0.161. The number of rotatable bonds is 6. The molecule has 0 aliphatic carbocycles. The maximum atomic E-state index is 12.4. The van der Waals surface area contributed by atoms with Crippen LogP contribution in [0.15, 0.2) is 64.7 Å². The molecule has 0 aliphatic heterocycles. The van der Waals surface area contributed by atoms with Gasteiger partial charge in [0, 0.05) is 16.1 Å². The summed E-state index contributed by atoms with van der Waals surface area (Å²) in [7, 11) is -3.74. The van der Waals surface area contributed by atoms with Crippen molar-refractivity contribution in [1.82, 2.24) is 15.0 Å². The molecule has 0 saturated carbocycles. The number of H-pyrrole nitrogens is 1. The van der Waals surface area contributed by atoms with Crippen molar-refractivity contribution in [2.24, 2.45) is 5.10 Å². The molecule has 0 spiro atoms. The summed E-state index contributed by atoms with van der Waals surface area (Å²) < 4.78 is 24.7. The van der Waals surface area contributed by atoms with Crippen LogP contribution < -0.4 is 4.83 Å². The molecule has 0 atom stereocenters. The van der Waals surface area contributed by atoms with Crippen molar-refractivity contribution in [3.63, 3.8) is 0 Å². The lowest BCUT2D eigenvalue weighted by Gasteiger charge is -2.07. The largest absolute Gasteiger partial charge is 0.277 e. The van der Waals surface area contributed by atoms with Gasteiger partial charge in [0.15, 0.2) is 0 Å². The molecule has 0 fully saturated rings. The maximum absolute atomic E-state index is 12.4. The predicted octanol–water partition coefficient (Wildman–Crippen LogP) is 4.17. The van der Waals surface area contributed by atoms with E-state index in [0.717, 1.165) is 16.8 Å². The Morgan fingerprint density at radius 3 is 2.41 bits per heavy atom. The molecule has 8 heteroatoms. The highest BCUT2D eigenvalue weighted by atomic mass is 35.5. The molecule has 0 saturated heterocycles. The molecule has 3 aromatic rings. The molecule has 1 aromatic heterocycles. The Kier molecular flexibility index (Phi) is 5.62. The Balaban J connectivity index is 1.75. The molecular weight excluding hydrogens is 384 g/mol. The van der Waals surface area contributed by atoms with E-state index < -0.39 is 10.0 Å². The van der Waals surface area contributed by atoms with Crippen LogP contribution in [0.5, 0.6) is 0 Å². The zero-order chi connectivity index (χ0) is 19.4. The number of aromatic amines is 1. The lowest BCUT2D eigenvalue weighted by molar-refractivity contribution is 0.584. The molecule has 6 nitrogen and oxygen atoms in total. The van der Waals surface area contributed by atoms with Crippen molar-refractivity contribution in [1.29, 1.82) is 0 Å². The summed E-state index contributed by atoms with van der Waals surface area (Å²) in [4.78, 5) is 2.39. The molecular formula is C19H19ClN4O2S. The summed E-state index contributed by atoms with van der Waals surface area (Å²) in [6, 6.07) is 14.0. The second kappa shape index (κ2) is 7.94. The van der Waals surface area contributed by atoms with E-state index in [4.69, 9.17) is 11.6 Å². The third-order valence-electron chi connectivity index (χ3n) is 4.04. The minimum atomic E-state index is -3.74. The fourth-order valence-corrected chi connectivity index (χ4v) is 3.41. The predicted molar refractivity (Wildman–Crippen MR) is 107 cm³/mol. The van der Waals surface area contributed by atoms with E-state index in [1.807, 2.05) is 12.1 Å². The van der Waals surface area contributed by atoms with E-state index in [-0.39, 0.29) is 4.90 Å². The van der Waals surface area contributed by atoms with Gasteiger partial charge >= 0.3 is 0 Å². The number of nitrogens with zero attached hydrogens (tertiary/aromatic N) is 2. The van der Waals surface area contributed by atoms with Crippen LogP contribution in [-0.2, 0) is 10.0 Å². The number of halogens is 1. The van der Waals surface area contributed by atoms with Crippen molar-refractivity contribution < 1.29 is 8.42 Å². The maximum Gasteiger partial charge on any atom is 0.276 e. The van der Waals surface area contributed by atoms with E-state index in [1.165, 1.54) is 6.21 Å². The molecule has 140 valence electrons. The molecule has 2 aromatic carbocycles. The SMILES string of the molecule is CC(C)c1ccc(S(=O)(=O)NN=Cc2cn[nH]c2-c2ccc(Cl)cc2)cc1. The summed E-state index contributed by atoms with van der Waals surface area (Å²) in [6.07, 6.45) is 2.98. The van der Waals surface area contributed by atoms with Crippen LogP contribution >= 0.6 is 11.6 Å². The van der Waals surface area contributed by atoms with Gasteiger partial charge in [-0.15, -0.1) is 0 Å². The van der Waals surface area contributed by atoms with Crippen molar-refractivity contribution in [2.45, 2.75) is 24.7 Å². The van der Waals surface area contributed by atoms with E-state index in [1.54, 1.807) is 42.6 Å². The summed E-state index contributed by atoms with van der Waals surface area (Å²) in [5, 5.41) is 11.4. The number of hydrogen-bond donors (Lipinski definition) is 2. The van der Waals surface area contributed by atoms with Crippen molar-refractivity contribution in [3.05, 3.63) is 70.9 Å². The summed E-state index contributed by atoms with van der Waals surface area (Å²) in [5.41, 5.74) is 3.31. The number of nitrogens with one attached hydrogen (secondary N) is 2. The van der Waals surface area contributed by atoms with Gasteiger partial charge in [-0.3, -0.25) is 5.10 Å². The van der Waals surface area contributed by atoms with Crippen LogP contribution in [0.1, 0.15) is 30.9 Å². The van der Waals surface area contributed by atoms with E-state index in [9.17, 15) is 8.42 Å². The molecule has 0 unspecified atom stereocenters. The van der Waals surface area contributed by atoms with E-state index >= 15 is 0 Å². The first-order valence-corrected chi connectivity index (χ1v) is 10.2. The summed E-state index contributed by atoms with van der Waals surface area (Å²) >= 11 is 5.90. The third-order valence-corrected chi connectivity index (χ3v) is 5.53. The third kappa shape index (κ3) is 4.56. The monoisotopic (exact) mass is 402 g/mol. The summed E-state index contributed by atoms with van der Waals surface area (Å²) in [6.45, 7) is 4.10. The van der Waals surface area contributed by atoms with Crippen LogP contribution in [0, 0.1) is 0 Å². The highest BCUT2D eigenvalue weighted by Crippen LogP contribution is 2.22. The van der Waals surface area contributed by atoms with Crippen LogP contribution in [0.2, 0.25) is 5.02 Å². The van der Waals surface area contributed by atoms with Crippen LogP contribution in [0.25, 0.3) is 11.3 Å². The molecule has 0 aliphatic rings. The Morgan fingerprint density at radius 1 is 1.11 bits per heavy atom. The van der Waals surface area contributed by atoms with Crippen molar-refractivity contribution in [2.75, 3.05) is 0 Å². The highest BCUT2D eigenvalue weighted by molar-refractivity contribution is 7.89. The van der Waals surface area contributed by atoms with Gasteiger partial charge in [0.1, 0.15) is 0 Å². The van der Waals surface area contributed by atoms with Gasteiger partial charge in [-0.2, -0.15) is 18.6 Å². The number of sulfonamides is 1. The van der Waals surface area contributed by atoms with Gasteiger partial charge in [-0.05, 0) is 35.7 Å². The van der Waals surface area contributed by atoms with E-state index in [2.05, 4.69) is 34.0 Å². The van der Waals surface area contributed by atoms with Crippen LogP contribution in [-0.4, -0.2) is 24.8 Å². The topological polar surface area (TPSA) is 87.2 Å². The molecule has 3 rings (SSSR count). The van der Waals surface area contributed by atoms with Gasteiger partial charge < -0.3 is 0 Å². The van der Waals surface area contributed by atoms with Crippen LogP contribution in [0.4, 0.5) is 0 Å². The average Bonchev–Trinajstić information content (AvgIpc) is 3.11. The van der Waals surface area contributed by atoms with Crippen molar-refractivity contribution in [3.8, 4) is 11.3 Å². The zero-order valence-corrected chi connectivity index (χ0v) is 16.4. The van der Waals surface area contributed by atoms with Gasteiger partial charge in [0.05, 0.1) is 23.0 Å². The first kappa shape index (κ1) is 19.1. The number of benzene rings is 2. The van der Waals surface area contributed by atoms with Gasteiger partial charge in [0.2, 0.25) is 0 Å². The second-order valence-electron chi connectivity index (χ2n) is 6.28. The highest BCUT2D eigenvalue weighted by Gasteiger charge is 2.13. The Hall–Kier alpha value is -2.64. The molecule has 27 heavy (non-hydrogen) atoms. The lowest BCUT2D eigenvalue weighted by atomic mass is 10.0. The zero-order valence-electron chi connectivity index (χ0n) is 14.8. The molecule has 0 radical (unpaired) electrons. The fourth-order valence-electron chi connectivity index (χ4n) is 2.49. The Bertz CT molecular complexity index is 1040. The molecule has 0 bridgehead atoms. The Morgan fingerprint density at radius 2 is 1.78 bits per heavy atom. The molecule has 1 heterocycles. The first-order valence-electron chi connectivity index (χ1n) is 8.31. The minimum Gasteiger partial charge on any atom is -0.277 e. The number of aromatic nitrogens is 2. The van der Waals surface area contributed by atoms with Gasteiger partial charge in [-0.1, -0.05) is 49.7 Å². The smallest absolute Gasteiger partial charge is 0.276 e. The molecule has 2 N–H and O–H groups in total. The first-order chi connectivity index (χ1) is 12.9. The fraction of sp³-hybridized carbons (Fsp3) is 0.158. The summed E-state index contributed by atoms with van der Waals surface area (Å²) in [5.74, 6) is 0.333. The van der Waals surface area contributed by atoms with Gasteiger partial charge in [0.25, 0.3) is 10.0 Å².